The Kier molecular flexibility index (Phi) is 3.48. The second-order valence-electron chi connectivity index (χ2n) is 9.84. The van der Waals surface area contributed by atoms with Gasteiger partial charge in [-0.05, 0) is 24.2 Å². The standard InChI is InChI=1S/C20H26O8/c1-7-4-10(21)15(24)18(3)9(7)5-11-19-6-27-20(26,17(18)19)14(23)8(2)12(19)13(22)16(25)28-11/h7-9,11-14,17,22-23,26H,4-6H2,1-3H3/t7?,8-,9+,11-,12-,13-,14-,17-,18-,19+,20+/m1/s1. The first-order valence-electron chi connectivity index (χ1n) is 10.0. The van der Waals surface area contributed by atoms with Crippen molar-refractivity contribution in [3.63, 3.8) is 0 Å². The lowest BCUT2D eigenvalue weighted by Crippen LogP contribution is -2.77. The minimum Gasteiger partial charge on any atom is -0.460 e. The average molecular weight is 394 g/mol. The molecule has 3 aliphatic carbocycles. The Morgan fingerprint density at radius 2 is 1.82 bits per heavy atom. The molecule has 2 saturated heterocycles. The van der Waals surface area contributed by atoms with Crippen LogP contribution in [0.1, 0.15) is 33.6 Å². The van der Waals surface area contributed by atoms with Crippen LogP contribution in [0.15, 0.2) is 0 Å². The SMILES string of the molecule is CC1CC(=O)C(=O)[C@]2(C)[C@H]3[C@@]4(O)OC[C@]35[C@H]([C@@H](C)[C@H]4O)[C@@H](O)C(=O)O[C@@H]5C[C@@H]12. The van der Waals surface area contributed by atoms with Crippen molar-refractivity contribution in [1.29, 1.82) is 0 Å². The van der Waals surface area contributed by atoms with Gasteiger partial charge in [0.1, 0.15) is 12.2 Å². The van der Waals surface area contributed by atoms with E-state index in [9.17, 15) is 29.7 Å². The Morgan fingerprint density at radius 1 is 1.14 bits per heavy atom. The van der Waals surface area contributed by atoms with Gasteiger partial charge in [0.05, 0.1) is 6.61 Å². The van der Waals surface area contributed by atoms with Crippen LogP contribution in [0.25, 0.3) is 0 Å². The summed E-state index contributed by atoms with van der Waals surface area (Å²) in [5.74, 6) is -6.62. The molecule has 1 unspecified atom stereocenters. The van der Waals surface area contributed by atoms with E-state index in [1.54, 1.807) is 13.8 Å². The topological polar surface area (TPSA) is 130 Å². The van der Waals surface area contributed by atoms with Crippen molar-refractivity contribution in [1.82, 2.24) is 0 Å². The van der Waals surface area contributed by atoms with Gasteiger partial charge in [0.2, 0.25) is 5.78 Å². The summed E-state index contributed by atoms with van der Waals surface area (Å²) < 4.78 is 11.4. The van der Waals surface area contributed by atoms with Crippen molar-refractivity contribution in [2.24, 2.45) is 40.4 Å². The number of aliphatic hydroxyl groups excluding tert-OH is 2. The minimum atomic E-state index is -2.04. The molecule has 5 fully saturated rings. The fraction of sp³-hybridized carbons (Fsp3) is 0.850. The van der Waals surface area contributed by atoms with E-state index in [0.717, 1.165) is 0 Å². The summed E-state index contributed by atoms with van der Waals surface area (Å²) in [6.45, 7) is 5.18. The van der Waals surface area contributed by atoms with Crippen LogP contribution in [-0.2, 0) is 23.9 Å². The van der Waals surface area contributed by atoms with Gasteiger partial charge in [-0.15, -0.1) is 0 Å². The second kappa shape index (κ2) is 5.22. The van der Waals surface area contributed by atoms with Gasteiger partial charge < -0.3 is 24.8 Å². The molecule has 0 aromatic rings. The van der Waals surface area contributed by atoms with E-state index in [1.807, 2.05) is 6.92 Å². The summed E-state index contributed by atoms with van der Waals surface area (Å²) in [5.41, 5.74) is -2.29. The third-order valence-electron chi connectivity index (χ3n) is 8.83. The molecule has 0 amide bonds. The number of ketones is 2. The molecular weight excluding hydrogens is 368 g/mol. The highest BCUT2D eigenvalue weighted by Gasteiger charge is 2.83. The first-order chi connectivity index (χ1) is 13.0. The van der Waals surface area contributed by atoms with E-state index >= 15 is 0 Å². The molecule has 2 bridgehead atoms. The maximum absolute atomic E-state index is 13.2. The summed E-state index contributed by atoms with van der Waals surface area (Å²) in [6, 6.07) is 0. The van der Waals surface area contributed by atoms with Crippen LogP contribution in [0.2, 0.25) is 0 Å². The molecule has 8 nitrogen and oxygen atoms in total. The maximum Gasteiger partial charge on any atom is 0.335 e. The molecule has 0 radical (unpaired) electrons. The zero-order valence-electron chi connectivity index (χ0n) is 16.1. The van der Waals surface area contributed by atoms with Crippen LogP contribution in [0.5, 0.6) is 0 Å². The van der Waals surface area contributed by atoms with Gasteiger partial charge in [-0.1, -0.05) is 20.8 Å². The van der Waals surface area contributed by atoms with E-state index in [0.29, 0.717) is 6.42 Å². The highest BCUT2D eigenvalue weighted by Crippen LogP contribution is 2.73. The number of esters is 1. The Balaban J connectivity index is 1.78. The number of carbonyl (C=O) groups is 3. The Bertz CT molecular complexity index is 795. The summed E-state index contributed by atoms with van der Waals surface area (Å²) in [7, 11) is 0. The number of carbonyl (C=O) groups excluding carboxylic acids is 3. The van der Waals surface area contributed by atoms with Crippen molar-refractivity contribution < 1.29 is 39.2 Å². The lowest BCUT2D eigenvalue weighted by Gasteiger charge is -2.67. The van der Waals surface area contributed by atoms with Crippen LogP contribution in [0.4, 0.5) is 0 Å². The molecule has 0 aromatic carbocycles. The molecule has 5 aliphatic rings. The normalized spacial score (nSPS) is 60.1. The van der Waals surface area contributed by atoms with Gasteiger partial charge in [-0.25, -0.2) is 4.79 Å². The fourth-order valence-electron chi connectivity index (χ4n) is 7.84. The van der Waals surface area contributed by atoms with Crippen molar-refractivity contribution in [3.05, 3.63) is 0 Å². The van der Waals surface area contributed by atoms with Gasteiger partial charge in [0.15, 0.2) is 17.7 Å². The maximum atomic E-state index is 13.2. The predicted molar refractivity (Wildman–Crippen MR) is 91.4 cm³/mol. The van der Waals surface area contributed by atoms with Crippen molar-refractivity contribution in [2.75, 3.05) is 6.61 Å². The molecular formula is C20H26O8. The minimum absolute atomic E-state index is 0.0482. The van der Waals surface area contributed by atoms with Gasteiger partial charge in [-0.2, -0.15) is 0 Å². The van der Waals surface area contributed by atoms with Gasteiger partial charge >= 0.3 is 5.97 Å². The average Bonchev–Trinajstić information content (AvgIpc) is 2.92. The number of Topliss-reactive ketones (excluding diaryl/α,β-unsaturated/α-hetero) is 2. The smallest absolute Gasteiger partial charge is 0.335 e. The van der Waals surface area contributed by atoms with E-state index in [1.165, 1.54) is 0 Å². The molecule has 3 saturated carbocycles. The molecule has 8 heteroatoms. The fourth-order valence-corrected chi connectivity index (χ4v) is 7.84. The quantitative estimate of drug-likeness (QED) is 0.368. The van der Waals surface area contributed by atoms with Crippen LogP contribution in [0.3, 0.4) is 0 Å². The Hall–Kier alpha value is -1.35. The number of ether oxygens (including phenoxy) is 2. The van der Waals surface area contributed by atoms with E-state index in [2.05, 4.69) is 0 Å². The van der Waals surface area contributed by atoms with Crippen LogP contribution >= 0.6 is 0 Å². The van der Waals surface area contributed by atoms with Crippen LogP contribution < -0.4 is 0 Å². The molecule has 1 spiro atoms. The summed E-state index contributed by atoms with van der Waals surface area (Å²) >= 11 is 0. The predicted octanol–water partition coefficient (Wildman–Crippen LogP) is -0.575. The van der Waals surface area contributed by atoms with E-state index < -0.39 is 70.2 Å². The monoisotopic (exact) mass is 394 g/mol. The van der Waals surface area contributed by atoms with Gasteiger partial charge in [-0.3, -0.25) is 9.59 Å². The second-order valence-corrected chi connectivity index (χ2v) is 9.84. The molecule has 11 atom stereocenters. The van der Waals surface area contributed by atoms with Gasteiger partial charge in [0, 0.05) is 29.1 Å². The number of fused-ring (bicyclic) bond motifs is 1. The highest BCUT2D eigenvalue weighted by molar-refractivity contribution is 6.40. The lowest BCUT2D eigenvalue weighted by atomic mass is 9.37. The van der Waals surface area contributed by atoms with Gasteiger partial charge in [0.25, 0.3) is 0 Å². The third kappa shape index (κ3) is 1.72. The number of aliphatic hydroxyl groups is 3. The largest absolute Gasteiger partial charge is 0.460 e. The molecule has 154 valence electrons. The number of hydrogen-bond donors (Lipinski definition) is 3. The lowest BCUT2D eigenvalue weighted by molar-refractivity contribution is -0.331. The van der Waals surface area contributed by atoms with Crippen molar-refractivity contribution in [2.45, 2.75) is 57.7 Å². The van der Waals surface area contributed by atoms with Crippen LogP contribution in [-0.4, -0.2) is 63.6 Å². The first kappa shape index (κ1) is 18.7. The molecule has 0 aromatic heterocycles. The van der Waals surface area contributed by atoms with E-state index in [4.69, 9.17) is 9.47 Å². The zero-order chi connectivity index (χ0) is 20.4. The number of hydrogen-bond acceptors (Lipinski definition) is 8. The highest BCUT2D eigenvalue weighted by atomic mass is 16.6. The molecule has 3 N–H and O–H groups in total. The summed E-state index contributed by atoms with van der Waals surface area (Å²) in [4.78, 5) is 38.2. The first-order valence-corrected chi connectivity index (χ1v) is 10.0. The van der Waals surface area contributed by atoms with Crippen LogP contribution in [0, 0.1) is 40.4 Å². The molecule has 28 heavy (non-hydrogen) atoms. The number of rotatable bonds is 0. The molecule has 2 heterocycles. The van der Waals surface area contributed by atoms with Crippen molar-refractivity contribution in [3.8, 4) is 0 Å². The van der Waals surface area contributed by atoms with Crippen molar-refractivity contribution >= 4 is 17.5 Å². The summed E-state index contributed by atoms with van der Waals surface area (Å²) in [5, 5.41) is 33.1. The molecule has 2 aliphatic heterocycles. The Morgan fingerprint density at radius 3 is 2.50 bits per heavy atom. The Labute approximate surface area is 162 Å². The molecule has 5 rings (SSSR count). The third-order valence-corrected chi connectivity index (χ3v) is 8.83. The zero-order valence-corrected chi connectivity index (χ0v) is 16.1. The summed E-state index contributed by atoms with van der Waals surface area (Å²) in [6.07, 6.45) is -3.06. The van der Waals surface area contributed by atoms with E-state index in [-0.39, 0.29) is 24.9 Å².